The highest BCUT2D eigenvalue weighted by Gasteiger charge is 2.01. The molecule has 2 heteroatoms. The van der Waals surface area contributed by atoms with E-state index >= 15 is 0 Å². The highest BCUT2D eigenvalue weighted by molar-refractivity contribution is 5.83. The van der Waals surface area contributed by atoms with Gasteiger partial charge in [-0.05, 0) is 36.8 Å². The van der Waals surface area contributed by atoms with Crippen molar-refractivity contribution in [3.05, 3.63) is 65.9 Å². The summed E-state index contributed by atoms with van der Waals surface area (Å²) in [6, 6.07) is 17.0. The molecule has 2 aromatic carbocycles. The van der Waals surface area contributed by atoms with Crippen LogP contribution in [0.5, 0.6) is 0 Å². The zero-order valence-electron chi connectivity index (χ0n) is 10.4. The summed E-state index contributed by atoms with van der Waals surface area (Å²) < 4.78 is 0. The molecule has 3 aromatic rings. The maximum atomic E-state index is 3.46. The van der Waals surface area contributed by atoms with Crippen molar-refractivity contribution in [2.24, 2.45) is 0 Å². The number of aryl methyl sites for hydroxylation is 1. The van der Waals surface area contributed by atoms with E-state index in [4.69, 9.17) is 0 Å². The van der Waals surface area contributed by atoms with Crippen LogP contribution >= 0.6 is 0 Å². The summed E-state index contributed by atoms with van der Waals surface area (Å²) in [5.41, 5.74) is 4.95. The number of H-pyrrole nitrogens is 1. The van der Waals surface area contributed by atoms with E-state index in [1.54, 1.807) is 0 Å². The smallest absolute Gasteiger partial charge is 0.0457 e. The van der Waals surface area contributed by atoms with Gasteiger partial charge in [0.25, 0.3) is 0 Å². The predicted molar refractivity (Wildman–Crippen MR) is 76.8 cm³/mol. The van der Waals surface area contributed by atoms with Crippen LogP contribution in [0.1, 0.15) is 11.1 Å². The van der Waals surface area contributed by atoms with Gasteiger partial charge < -0.3 is 10.3 Å². The molecule has 2 nitrogen and oxygen atoms in total. The lowest BCUT2D eigenvalue weighted by atomic mass is 10.1. The normalized spacial score (nSPS) is 10.7. The van der Waals surface area contributed by atoms with E-state index in [1.165, 1.54) is 22.0 Å². The van der Waals surface area contributed by atoms with E-state index in [0.29, 0.717) is 0 Å². The van der Waals surface area contributed by atoms with Crippen LogP contribution in [-0.2, 0) is 6.54 Å². The average Bonchev–Trinajstić information content (AvgIpc) is 2.87. The van der Waals surface area contributed by atoms with Crippen molar-refractivity contribution in [2.75, 3.05) is 5.32 Å². The standard InChI is InChI=1S/C16H16N2/c1-12-5-7-14(8-6-12)18-11-13-3-2-4-16-15(13)9-10-17-16/h2-10,17-18H,11H2,1H3. The van der Waals surface area contributed by atoms with Crippen LogP contribution in [0, 0.1) is 6.92 Å². The van der Waals surface area contributed by atoms with Gasteiger partial charge in [-0.25, -0.2) is 0 Å². The number of anilines is 1. The van der Waals surface area contributed by atoms with Crippen LogP contribution in [0.25, 0.3) is 10.9 Å². The van der Waals surface area contributed by atoms with Crippen molar-refractivity contribution in [2.45, 2.75) is 13.5 Å². The van der Waals surface area contributed by atoms with Gasteiger partial charge in [-0.1, -0.05) is 29.8 Å². The van der Waals surface area contributed by atoms with Gasteiger partial charge >= 0.3 is 0 Å². The first kappa shape index (κ1) is 10.9. The Morgan fingerprint density at radius 1 is 1.00 bits per heavy atom. The van der Waals surface area contributed by atoms with Crippen LogP contribution in [0.15, 0.2) is 54.7 Å². The van der Waals surface area contributed by atoms with Gasteiger partial charge in [0.15, 0.2) is 0 Å². The minimum atomic E-state index is 0.845. The maximum Gasteiger partial charge on any atom is 0.0457 e. The van der Waals surface area contributed by atoms with Crippen molar-refractivity contribution >= 4 is 16.6 Å². The van der Waals surface area contributed by atoms with Crippen LogP contribution in [0.3, 0.4) is 0 Å². The number of aromatic nitrogens is 1. The zero-order valence-corrected chi connectivity index (χ0v) is 10.4. The average molecular weight is 236 g/mol. The Hall–Kier alpha value is -2.22. The van der Waals surface area contributed by atoms with Gasteiger partial charge in [0.05, 0.1) is 0 Å². The molecule has 2 N–H and O–H groups in total. The van der Waals surface area contributed by atoms with Crippen LogP contribution in [0.2, 0.25) is 0 Å². The molecule has 90 valence electrons. The molecular formula is C16H16N2. The third kappa shape index (κ3) is 2.09. The summed E-state index contributed by atoms with van der Waals surface area (Å²) in [6.07, 6.45) is 1.99. The Labute approximate surface area is 107 Å². The summed E-state index contributed by atoms with van der Waals surface area (Å²) >= 11 is 0. The van der Waals surface area contributed by atoms with Gasteiger partial charge in [0.2, 0.25) is 0 Å². The largest absolute Gasteiger partial charge is 0.381 e. The van der Waals surface area contributed by atoms with Gasteiger partial charge in [-0.3, -0.25) is 0 Å². The Bertz CT molecular complexity index is 650. The Kier molecular flexibility index (Phi) is 2.77. The van der Waals surface area contributed by atoms with E-state index in [-0.39, 0.29) is 0 Å². The lowest BCUT2D eigenvalue weighted by molar-refractivity contribution is 1.17. The second-order valence-corrected chi connectivity index (χ2v) is 4.58. The van der Waals surface area contributed by atoms with E-state index in [2.05, 4.69) is 65.8 Å². The zero-order chi connectivity index (χ0) is 12.4. The Balaban J connectivity index is 1.80. The van der Waals surface area contributed by atoms with Crippen molar-refractivity contribution in [1.82, 2.24) is 4.98 Å². The predicted octanol–water partition coefficient (Wildman–Crippen LogP) is 4.09. The van der Waals surface area contributed by atoms with Crippen molar-refractivity contribution in [1.29, 1.82) is 0 Å². The molecular weight excluding hydrogens is 220 g/mol. The third-order valence-electron chi connectivity index (χ3n) is 3.22. The van der Waals surface area contributed by atoms with Crippen molar-refractivity contribution in [3.8, 4) is 0 Å². The number of hydrogen-bond donors (Lipinski definition) is 2. The van der Waals surface area contributed by atoms with Crippen LogP contribution in [-0.4, -0.2) is 4.98 Å². The first-order chi connectivity index (χ1) is 8.83. The number of hydrogen-bond acceptors (Lipinski definition) is 1. The molecule has 0 aliphatic rings. The van der Waals surface area contributed by atoms with Gasteiger partial charge in [0, 0.05) is 29.3 Å². The van der Waals surface area contributed by atoms with Gasteiger partial charge in [-0.2, -0.15) is 0 Å². The lowest BCUT2D eigenvalue weighted by Crippen LogP contribution is -1.99. The second kappa shape index (κ2) is 4.57. The van der Waals surface area contributed by atoms with E-state index in [1.807, 2.05) is 6.20 Å². The van der Waals surface area contributed by atoms with E-state index < -0.39 is 0 Å². The highest BCUT2D eigenvalue weighted by atomic mass is 14.9. The van der Waals surface area contributed by atoms with Gasteiger partial charge in [-0.15, -0.1) is 0 Å². The monoisotopic (exact) mass is 236 g/mol. The minimum absolute atomic E-state index is 0.845. The molecule has 0 spiro atoms. The topological polar surface area (TPSA) is 27.8 Å². The molecule has 0 unspecified atom stereocenters. The summed E-state index contributed by atoms with van der Waals surface area (Å²) in [4.78, 5) is 3.24. The molecule has 0 aliphatic carbocycles. The first-order valence-electron chi connectivity index (χ1n) is 6.18. The summed E-state index contributed by atoms with van der Waals surface area (Å²) in [5.74, 6) is 0. The Morgan fingerprint density at radius 2 is 1.83 bits per heavy atom. The second-order valence-electron chi connectivity index (χ2n) is 4.58. The van der Waals surface area contributed by atoms with E-state index in [0.717, 1.165) is 12.2 Å². The fourth-order valence-corrected chi connectivity index (χ4v) is 2.17. The van der Waals surface area contributed by atoms with Crippen molar-refractivity contribution < 1.29 is 0 Å². The van der Waals surface area contributed by atoms with Crippen LogP contribution < -0.4 is 5.32 Å². The first-order valence-corrected chi connectivity index (χ1v) is 6.18. The SMILES string of the molecule is Cc1ccc(NCc2cccc3[nH]ccc23)cc1. The third-order valence-corrected chi connectivity index (χ3v) is 3.22. The number of fused-ring (bicyclic) bond motifs is 1. The lowest BCUT2D eigenvalue weighted by Gasteiger charge is -2.08. The highest BCUT2D eigenvalue weighted by Crippen LogP contribution is 2.19. The maximum absolute atomic E-state index is 3.46. The quantitative estimate of drug-likeness (QED) is 0.704. The number of rotatable bonds is 3. The summed E-state index contributed by atoms with van der Waals surface area (Å²) in [5, 5.41) is 4.75. The molecule has 3 rings (SSSR count). The minimum Gasteiger partial charge on any atom is -0.381 e. The van der Waals surface area contributed by atoms with Crippen LogP contribution in [0.4, 0.5) is 5.69 Å². The molecule has 0 aliphatic heterocycles. The fraction of sp³-hybridized carbons (Fsp3) is 0.125. The summed E-state index contributed by atoms with van der Waals surface area (Å²) in [7, 11) is 0. The molecule has 0 atom stereocenters. The number of nitrogens with one attached hydrogen (secondary N) is 2. The van der Waals surface area contributed by atoms with Gasteiger partial charge in [0.1, 0.15) is 0 Å². The molecule has 0 radical (unpaired) electrons. The van der Waals surface area contributed by atoms with Crippen molar-refractivity contribution in [3.63, 3.8) is 0 Å². The number of aromatic amines is 1. The molecule has 0 saturated carbocycles. The molecule has 18 heavy (non-hydrogen) atoms. The molecule has 0 fully saturated rings. The molecule has 1 aromatic heterocycles. The molecule has 0 amide bonds. The Morgan fingerprint density at radius 3 is 2.67 bits per heavy atom. The number of benzene rings is 2. The molecule has 1 heterocycles. The molecule has 0 bridgehead atoms. The fourth-order valence-electron chi connectivity index (χ4n) is 2.17. The summed E-state index contributed by atoms with van der Waals surface area (Å²) in [6.45, 7) is 2.95. The van der Waals surface area contributed by atoms with E-state index in [9.17, 15) is 0 Å². The molecule has 0 saturated heterocycles.